The summed E-state index contributed by atoms with van der Waals surface area (Å²) in [5.41, 5.74) is 3.47. The van der Waals surface area contributed by atoms with Crippen LogP contribution in [0.4, 0.5) is 11.4 Å². The van der Waals surface area contributed by atoms with Crippen molar-refractivity contribution in [3.05, 3.63) is 46.9 Å². The van der Waals surface area contributed by atoms with Crippen molar-refractivity contribution >= 4 is 37.3 Å². The molecule has 0 aliphatic carbocycles. The number of hydrazine groups is 1. The van der Waals surface area contributed by atoms with E-state index >= 15 is 0 Å². The average molecular weight is 372 g/mol. The molecule has 0 radical (unpaired) electrons. The number of ether oxygens (including phenoxy) is 1. The Morgan fingerprint density at radius 1 is 1.10 bits per heavy atom. The number of hydrogen-bond donors (Lipinski definition) is 3. The Bertz CT molecular complexity index is 733. The molecule has 0 saturated carbocycles. The molecule has 2 aromatic rings. The normalized spacial score (nSPS) is 11.0. The maximum absolute atomic E-state index is 12.3. The maximum atomic E-state index is 12.3. The van der Waals surface area contributed by atoms with E-state index in [0.717, 1.165) is 0 Å². The average Bonchev–Trinajstić information content (AvgIpc) is 2.46. The van der Waals surface area contributed by atoms with Gasteiger partial charge in [-0.1, -0.05) is 15.9 Å². The molecule has 0 spiro atoms. The van der Waals surface area contributed by atoms with Gasteiger partial charge in [-0.25, -0.2) is 8.42 Å². The molecule has 6 nitrogen and oxygen atoms in total. The van der Waals surface area contributed by atoms with Crippen LogP contribution in [0, 0.1) is 0 Å². The Balaban J connectivity index is 2.30. The van der Waals surface area contributed by atoms with Gasteiger partial charge in [-0.2, -0.15) is 0 Å². The lowest BCUT2D eigenvalue weighted by Gasteiger charge is -2.10. The number of sulfonamides is 1. The van der Waals surface area contributed by atoms with Crippen molar-refractivity contribution in [2.24, 2.45) is 5.84 Å². The lowest BCUT2D eigenvalue weighted by molar-refractivity contribution is 0.415. The van der Waals surface area contributed by atoms with E-state index in [1.54, 1.807) is 30.3 Å². The summed E-state index contributed by atoms with van der Waals surface area (Å²) in [7, 11) is -2.16. The first-order valence-corrected chi connectivity index (χ1v) is 8.16. The SMILES string of the molecule is COc1cc(Br)cc(NS(=O)(=O)c2ccc(NN)cc2)c1. The predicted molar refractivity (Wildman–Crippen MR) is 85.8 cm³/mol. The highest BCUT2D eigenvalue weighted by Gasteiger charge is 2.14. The summed E-state index contributed by atoms with van der Waals surface area (Å²) in [6.07, 6.45) is 0. The summed E-state index contributed by atoms with van der Waals surface area (Å²) in [5.74, 6) is 5.79. The second-order valence-electron chi connectivity index (χ2n) is 4.15. The van der Waals surface area contributed by atoms with Crippen LogP contribution in [0.3, 0.4) is 0 Å². The molecule has 0 aliphatic rings. The van der Waals surface area contributed by atoms with Crippen LogP contribution in [0.5, 0.6) is 5.75 Å². The predicted octanol–water partition coefficient (Wildman–Crippen LogP) is 2.54. The molecule has 0 unspecified atom stereocenters. The number of nitrogens with one attached hydrogen (secondary N) is 2. The minimum Gasteiger partial charge on any atom is -0.497 e. The van der Waals surface area contributed by atoms with E-state index < -0.39 is 10.0 Å². The lowest BCUT2D eigenvalue weighted by atomic mass is 10.3. The molecule has 0 saturated heterocycles. The first-order chi connectivity index (χ1) is 9.94. The van der Waals surface area contributed by atoms with Gasteiger partial charge in [0.25, 0.3) is 10.0 Å². The molecule has 0 aliphatic heterocycles. The van der Waals surface area contributed by atoms with Crippen molar-refractivity contribution in [2.45, 2.75) is 4.90 Å². The van der Waals surface area contributed by atoms with Crippen LogP contribution in [0.25, 0.3) is 0 Å². The van der Waals surface area contributed by atoms with Gasteiger partial charge in [-0.15, -0.1) is 0 Å². The minimum atomic E-state index is -3.68. The number of halogens is 1. The number of nitrogen functional groups attached to an aromatic ring is 1. The molecule has 112 valence electrons. The topological polar surface area (TPSA) is 93.4 Å². The second kappa shape index (κ2) is 6.33. The fourth-order valence-electron chi connectivity index (χ4n) is 1.68. The third-order valence-corrected chi connectivity index (χ3v) is 4.55. The zero-order valence-electron chi connectivity index (χ0n) is 11.1. The molecule has 4 N–H and O–H groups in total. The monoisotopic (exact) mass is 371 g/mol. The lowest BCUT2D eigenvalue weighted by Crippen LogP contribution is -2.13. The number of rotatable bonds is 5. The van der Waals surface area contributed by atoms with Crippen molar-refractivity contribution < 1.29 is 13.2 Å². The highest BCUT2D eigenvalue weighted by atomic mass is 79.9. The summed E-state index contributed by atoms with van der Waals surface area (Å²) >= 11 is 3.30. The summed E-state index contributed by atoms with van der Waals surface area (Å²) in [5, 5.41) is 0. The molecular weight excluding hydrogens is 358 g/mol. The zero-order chi connectivity index (χ0) is 15.5. The standard InChI is InChI=1S/C13H14BrN3O3S/c1-20-12-7-9(14)6-11(8-12)17-21(18,19)13-4-2-10(16-15)3-5-13/h2-8,16-17H,15H2,1H3. The fourth-order valence-corrected chi connectivity index (χ4v) is 3.20. The van der Waals surface area contributed by atoms with E-state index in [1.807, 2.05) is 0 Å². The van der Waals surface area contributed by atoms with Gasteiger partial charge in [0.1, 0.15) is 5.75 Å². The summed E-state index contributed by atoms with van der Waals surface area (Å²) in [6, 6.07) is 11.1. The van der Waals surface area contributed by atoms with E-state index in [4.69, 9.17) is 10.6 Å². The van der Waals surface area contributed by atoms with Crippen molar-refractivity contribution in [2.75, 3.05) is 17.3 Å². The van der Waals surface area contributed by atoms with Gasteiger partial charge in [0, 0.05) is 16.2 Å². The molecule has 0 atom stereocenters. The Hall–Kier alpha value is -1.77. The van der Waals surface area contributed by atoms with E-state index in [1.165, 1.54) is 19.2 Å². The first kappa shape index (κ1) is 15.6. The molecule has 0 heterocycles. The smallest absolute Gasteiger partial charge is 0.261 e. The largest absolute Gasteiger partial charge is 0.497 e. The highest BCUT2D eigenvalue weighted by Crippen LogP contribution is 2.26. The van der Waals surface area contributed by atoms with Gasteiger partial charge < -0.3 is 10.2 Å². The van der Waals surface area contributed by atoms with Gasteiger partial charge >= 0.3 is 0 Å². The number of hydrogen-bond acceptors (Lipinski definition) is 5. The van der Waals surface area contributed by atoms with E-state index in [0.29, 0.717) is 21.6 Å². The number of methoxy groups -OCH3 is 1. The Labute approximate surface area is 131 Å². The molecular formula is C13H14BrN3O3S. The third-order valence-electron chi connectivity index (χ3n) is 2.69. The molecule has 0 bridgehead atoms. The second-order valence-corrected chi connectivity index (χ2v) is 6.75. The number of anilines is 2. The maximum Gasteiger partial charge on any atom is 0.261 e. The third kappa shape index (κ3) is 3.87. The Morgan fingerprint density at radius 3 is 2.33 bits per heavy atom. The van der Waals surface area contributed by atoms with Crippen molar-refractivity contribution in [1.29, 1.82) is 0 Å². The molecule has 2 aromatic carbocycles. The van der Waals surface area contributed by atoms with Crippen LogP contribution in [0.2, 0.25) is 0 Å². The van der Waals surface area contributed by atoms with Gasteiger partial charge in [-0.3, -0.25) is 10.6 Å². The van der Waals surface area contributed by atoms with E-state index in [2.05, 4.69) is 26.1 Å². The van der Waals surface area contributed by atoms with Crippen LogP contribution in [-0.4, -0.2) is 15.5 Å². The summed E-state index contributed by atoms with van der Waals surface area (Å²) in [4.78, 5) is 0.139. The van der Waals surface area contributed by atoms with Crippen LogP contribution in [0.15, 0.2) is 51.8 Å². The zero-order valence-corrected chi connectivity index (χ0v) is 13.5. The quantitative estimate of drug-likeness (QED) is 0.554. The van der Waals surface area contributed by atoms with Crippen LogP contribution in [-0.2, 0) is 10.0 Å². The van der Waals surface area contributed by atoms with Gasteiger partial charge in [0.05, 0.1) is 17.7 Å². The molecule has 2 rings (SSSR count). The van der Waals surface area contributed by atoms with Crippen LogP contribution >= 0.6 is 15.9 Å². The molecule has 0 amide bonds. The fraction of sp³-hybridized carbons (Fsp3) is 0.0769. The molecule has 8 heteroatoms. The van der Waals surface area contributed by atoms with Gasteiger partial charge in [0.15, 0.2) is 0 Å². The molecule has 0 fully saturated rings. The number of benzene rings is 2. The van der Waals surface area contributed by atoms with Crippen LogP contribution in [0.1, 0.15) is 0 Å². The van der Waals surface area contributed by atoms with E-state index in [-0.39, 0.29) is 4.90 Å². The molecule has 0 aromatic heterocycles. The van der Waals surface area contributed by atoms with Gasteiger partial charge in [-0.05, 0) is 36.4 Å². The van der Waals surface area contributed by atoms with Crippen molar-refractivity contribution in [3.63, 3.8) is 0 Å². The van der Waals surface area contributed by atoms with Gasteiger partial charge in [0.2, 0.25) is 0 Å². The number of nitrogens with two attached hydrogens (primary N) is 1. The van der Waals surface area contributed by atoms with Crippen LogP contribution < -0.4 is 20.7 Å². The highest BCUT2D eigenvalue weighted by molar-refractivity contribution is 9.10. The van der Waals surface area contributed by atoms with E-state index in [9.17, 15) is 8.42 Å². The summed E-state index contributed by atoms with van der Waals surface area (Å²) < 4.78 is 32.9. The summed E-state index contributed by atoms with van der Waals surface area (Å²) in [6.45, 7) is 0. The molecule has 21 heavy (non-hydrogen) atoms. The Kier molecular flexibility index (Phi) is 4.71. The minimum absolute atomic E-state index is 0.139. The first-order valence-electron chi connectivity index (χ1n) is 5.89. The van der Waals surface area contributed by atoms with Crippen molar-refractivity contribution in [1.82, 2.24) is 0 Å². The van der Waals surface area contributed by atoms with Crippen molar-refractivity contribution in [3.8, 4) is 5.75 Å². The Morgan fingerprint density at radius 2 is 1.76 bits per heavy atom.